The summed E-state index contributed by atoms with van der Waals surface area (Å²) >= 11 is 0. The number of benzene rings is 1. The van der Waals surface area contributed by atoms with E-state index < -0.39 is 0 Å². The molecule has 0 heterocycles. The van der Waals surface area contributed by atoms with Gasteiger partial charge in [0, 0.05) is 25.0 Å². The molecule has 1 atom stereocenters. The predicted octanol–water partition coefficient (Wildman–Crippen LogP) is 2.09. The van der Waals surface area contributed by atoms with Crippen LogP contribution in [0.2, 0.25) is 0 Å². The maximum absolute atomic E-state index is 13.1. The first-order chi connectivity index (χ1) is 8.59. The zero-order chi connectivity index (χ0) is 13.4. The Kier molecular flexibility index (Phi) is 5.84. The highest BCUT2D eigenvalue weighted by Crippen LogP contribution is 2.13. The summed E-state index contributed by atoms with van der Waals surface area (Å²) < 4.78 is 13.1. The number of nitrogens with one attached hydrogen (secondary N) is 1. The van der Waals surface area contributed by atoms with E-state index in [2.05, 4.69) is 24.1 Å². The molecule has 0 aromatic heterocycles. The molecule has 1 aromatic carbocycles. The third-order valence-corrected chi connectivity index (χ3v) is 2.91. The minimum absolute atomic E-state index is 0.205. The largest absolute Gasteiger partial charge is 0.329 e. The molecule has 0 aliphatic heterocycles. The van der Waals surface area contributed by atoms with Gasteiger partial charge in [0.2, 0.25) is 0 Å². The Morgan fingerprint density at radius 1 is 1.44 bits per heavy atom. The average molecular weight is 248 g/mol. The number of hydrogen-bond acceptors (Lipinski definition) is 2. The van der Waals surface area contributed by atoms with Gasteiger partial charge in [-0.15, -0.1) is 11.8 Å². The minimum Gasteiger partial charge on any atom is -0.329 e. The van der Waals surface area contributed by atoms with Crippen LogP contribution in [0.5, 0.6) is 0 Å². The van der Waals surface area contributed by atoms with Gasteiger partial charge in [0.25, 0.3) is 0 Å². The van der Waals surface area contributed by atoms with E-state index in [1.807, 2.05) is 13.0 Å². The molecule has 0 bridgehead atoms. The average Bonchev–Trinajstić information content (AvgIpc) is 2.35. The van der Waals surface area contributed by atoms with E-state index in [9.17, 15) is 4.39 Å². The first-order valence-electron chi connectivity index (χ1n) is 6.19. The second kappa shape index (κ2) is 7.15. The lowest BCUT2D eigenvalue weighted by molar-refractivity contribution is 0.365. The zero-order valence-electron chi connectivity index (χ0n) is 11.1. The molecular weight excluding hydrogens is 227 g/mol. The van der Waals surface area contributed by atoms with Crippen molar-refractivity contribution in [3.05, 3.63) is 35.6 Å². The molecule has 3 N–H and O–H groups in total. The van der Waals surface area contributed by atoms with Gasteiger partial charge < -0.3 is 11.1 Å². The summed E-state index contributed by atoms with van der Waals surface area (Å²) in [5.74, 6) is 5.66. The highest BCUT2D eigenvalue weighted by molar-refractivity contribution is 5.19. The highest BCUT2D eigenvalue weighted by Gasteiger charge is 2.21. The molecule has 0 spiro atoms. The summed E-state index contributed by atoms with van der Waals surface area (Å²) in [5.41, 5.74) is 6.55. The Labute approximate surface area is 109 Å². The van der Waals surface area contributed by atoms with Crippen LogP contribution < -0.4 is 11.1 Å². The molecule has 3 heteroatoms. The summed E-state index contributed by atoms with van der Waals surface area (Å²) in [6, 6.07) is 6.66. The van der Waals surface area contributed by atoms with Crippen molar-refractivity contribution in [3.8, 4) is 11.8 Å². The van der Waals surface area contributed by atoms with Crippen molar-refractivity contribution in [3.63, 3.8) is 0 Å². The Hall–Kier alpha value is -1.37. The summed E-state index contributed by atoms with van der Waals surface area (Å²) in [7, 11) is 0. The Bertz CT molecular complexity index is 434. The third-order valence-electron chi connectivity index (χ3n) is 2.91. The minimum atomic E-state index is -0.219. The zero-order valence-corrected chi connectivity index (χ0v) is 11.1. The van der Waals surface area contributed by atoms with E-state index in [0.29, 0.717) is 13.0 Å². The van der Waals surface area contributed by atoms with Crippen molar-refractivity contribution in [2.45, 2.75) is 32.2 Å². The van der Waals surface area contributed by atoms with Gasteiger partial charge in [0.05, 0.1) is 0 Å². The first-order valence-corrected chi connectivity index (χ1v) is 6.19. The van der Waals surface area contributed by atoms with Crippen LogP contribution in [0.25, 0.3) is 0 Å². The van der Waals surface area contributed by atoms with Crippen LogP contribution in [-0.2, 0) is 6.42 Å². The van der Waals surface area contributed by atoms with Crippen molar-refractivity contribution in [1.82, 2.24) is 5.32 Å². The van der Waals surface area contributed by atoms with Gasteiger partial charge in [-0.2, -0.15) is 0 Å². The predicted molar refractivity (Wildman–Crippen MR) is 73.6 cm³/mol. The third kappa shape index (κ3) is 4.87. The first kappa shape index (κ1) is 14.7. The Morgan fingerprint density at radius 3 is 2.83 bits per heavy atom. The fourth-order valence-electron chi connectivity index (χ4n) is 1.86. The summed E-state index contributed by atoms with van der Waals surface area (Å²) in [6.07, 6.45) is 1.51. The number of nitrogens with two attached hydrogens (primary N) is 1. The lowest BCUT2D eigenvalue weighted by Crippen LogP contribution is -2.50. The molecule has 0 aliphatic rings. The molecule has 0 fully saturated rings. The molecule has 0 saturated heterocycles. The van der Waals surface area contributed by atoms with E-state index in [-0.39, 0.29) is 11.4 Å². The molecule has 0 aliphatic carbocycles. The smallest absolute Gasteiger partial charge is 0.123 e. The molecule has 1 unspecified atom stereocenters. The van der Waals surface area contributed by atoms with E-state index in [4.69, 9.17) is 5.73 Å². The van der Waals surface area contributed by atoms with Crippen molar-refractivity contribution in [1.29, 1.82) is 0 Å². The van der Waals surface area contributed by atoms with Crippen LogP contribution in [0.15, 0.2) is 24.3 Å². The van der Waals surface area contributed by atoms with Crippen molar-refractivity contribution in [2.24, 2.45) is 5.73 Å². The molecule has 0 amide bonds. The van der Waals surface area contributed by atoms with Gasteiger partial charge in [0.15, 0.2) is 0 Å². The second-order valence-corrected chi connectivity index (χ2v) is 4.68. The fourth-order valence-corrected chi connectivity index (χ4v) is 1.86. The quantitative estimate of drug-likeness (QED) is 0.597. The molecule has 2 nitrogen and oxygen atoms in total. The van der Waals surface area contributed by atoms with Gasteiger partial charge in [-0.1, -0.05) is 12.1 Å². The van der Waals surface area contributed by atoms with E-state index in [0.717, 1.165) is 18.5 Å². The molecule has 1 aromatic rings. The van der Waals surface area contributed by atoms with Crippen molar-refractivity contribution < 1.29 is 4.39 Å². The van der Waals surface area contributed by atoms with Gasteiger partial charge in [-0.25, -0.2) is 4.39 Å². The van der Waals surface area contributed by atoms with Gasteiger partial charge >= 0.3 is 0 Å². The molecular formula is C15H21FN2. The summed E-state index contributed by atoms with van der Waals surface area (Å²) in [6.45, 7) is 5.18. The Balaban J connectivity index is 2.60. The van der Waals surface area contributed by atoms with E-state index in [1.54, 1.807) is 12.1 Å². The molecule has 1 rings (SSSR count). The van der Waals surface area contributed by atoms with Crippen LogP contribution in [0, 0.1) is 17.7 Å². The van der Waals surface area contributed by atoms with Crippen molar-refractivity contribution >= 4 is 0 Å². The topological polar surface area (TPSA) is 38.0 Å². The fraction of sp³-hybridized carbons (Fsp3) is 0.467. The van der Waals surface area contributed by atoms with Crippen LogP contribution in [0.3, 0.4) is 0 Å². The number of halogens is 1. The maximum atomic E-state index is 13.1. The summed E-state index contributed by atoms with van der Waals surface area (Å²) in [5, 5.41) is 3.40. The SMILES string of the molecule is CC#CCCNC(C)(CN)Cc1cccc(F)c1. The second-order valence-electron chi connectivity index (χ2n) is 4.68. The lowest BCUT2D eigenvalue weighted by Gasteiger charge is -2.29. The molecule has 98 valence electrons. The van der Waals surface area contributed by atoms with Gasteiger partial charge in [0.1, 0.15) is 5.82 Å². The molecule has 0 radical (unpaired) electrons. The monoisotopic (exact) mass is 248 g/mol. The van der Waals surface area contributed by atoms with Crippen LogP contribution in [0.1, 0.15) is 25.8 Å². The van der Waals surface area contributed by atoms with Crippen LogP contribution >= 0.6 is 0 Å². The van der Waals surface area contributed by atoms with Gasteiger partial charge in [-0.3, -0.25) is 0 Å². The Morgan fingerprint density at radius 2 is 2.22 bits per heavy atom. The van der Waals surface area contributed by atoms with Crippen LogP contribution in [0.4, 0.5) is 4.39 Å². The molecule has 0 saturated carbocycles. The maximum Gasteiger partial charge on any atom is 0.123 e. The number of rotatable bonds is 6. The highest BCUT2D eigenvalue weighted by atomic mass is 19.1. The van der Waals surface area contributed by atoms with Crippen LogP contribution in [-0.4, -0.2) is 18.6 Å². The number of hydrogen-bond donors (Lipinski definition) is 2. The summed E-state index contributed by atoms with van der Waals surface area (Å²) in [4.78, 5) is 0. The lowest BCUT2D eigenvalue weighted by atomic mass is 9.92. The van der Waals surface area contributed by atoms with E-state index >= 15 is 0 Å². The van der Waals surface area contributed by atoms with Gasteiger partial charge in [-0.05, 0) is 38.0 Å². The normalized spacial score (nSPS) is 13.6. The van der Waals surface area contributed by atoms with E-state index in [1.165, 1.54) is 6.07 Å². The van der Waals surface area contributed by atoms with Crippen molar-refractivity contribution in [2.75, 3.05) is 13.1 Å². The standard InChI is InChI=1S/C15H21FN2/c1-3-4-5-9-18-15(2,12-17)11-13-7-6-8-14(16)10-13/h6-8,10,18H,5,9,11-12,17H2,1-2H3. The molecule has 18 heavy (non-hydrogen) atoms.